The third-order valence-corrected chi connectivity index (χ3v) is 5.25. The number of hydrogen-bond donors (Lipinski definition) is 2. The second-order valence-electron chi connectivity index (χ2n) is 6.62. The number of piperazine rings is 1. The first-order valence-corrected chi connectivity index (χ1v) is 8.22. The van der Waals surface area contributed by atoms with Gasteiger partial charge < -0.3 is 20.9 Å². The molecule has 0 aromatic carbocycles. The van der Waals surface area contributed by atoms with Gasteiger partial charge in [0.25, 0.3) is 0 Å². The Labute approximate surface area is 126 Å². The maximum Gasteiger partial charge on any atom is 0.317 e. The van der Waals surface area contributed by atoms with E-state index in [-0.39, 0.29) is 18.0 Å². The standard InChI is InChI=1S/C15H26N4O2/c16-5-4-11-2-1-3-12(8-11)14(20)18-6-7-19-13(10-18)9-17-15(19)21/h11-13H,1-10,16H2,(H,17,21). The van der Waals surface area contributed by atoms with Crippen LogP contribution in [0.25, 0.3) is 0 Å². The number of carbonyl (C=O) groups is 2. The molecule has 3 amide bonds. The molecule has 3 N–H and O–H groups in total. The molecule has 0 radical (unpaired) electrons. The lowest BCUT2D eigenvalue weighted by Gasteiger charge is -2.39. The van der Waals surface area contributed by atoms with E-state index in [0.717, 1.165) is 32.2 Å². The maximum absolute atomic E-state index is 12.7. The van der Waals surface area contributed by atoms with E-state index < -0.39 is 0 Å². The highest BCUT2D eigenvalue weighted by atomic mass is 16.2. The fourth-order valence-corrected chi connectivity index (χ4v) is 4.08. The number of amides is 3. The van der Waals surface area contributed by atoms with Crippen LogP contribution in [0.3, 0.4) is 0 Å². The van der Waals surface area contributed by atoms with Crippen LogP contribution in [-0.4, -0.2) is 60.5 Å². The van der Waals surface area contributed by atoms with Gasteiger partial charge in [0.15, 0.2) is 0 Å². The largest absolute Gasteiger partial charge is 0.339 e. The zero-order valence-corrected chi connectivity index (χ0v) is 12.6. The van der Waals surface area contributed by atoms with Gasteiger partial charge in [-0.2, -0.15) is 0 Å². The van der Waals surface area contributed by atoms with Gasteiger partial charge in [0.05, 0.1) is 6.04 Å². The van der Waals surface area contributed by atoms with Crippen LogP contribution in [0.4, 0.5) is 4.79 Å². The molecule has 3 fully saturated rings. The predicted molar refractivity (Wildman–Crippen MR) is 79.6 cm³/mol. The van der Waals surface area contributed by atoms with Gasteiger partial charge in [0.1, 0.15) is 0 Å². The Hall–Kier alpha value is -1.30. The molecule has 2 heterocycles. The minimum atomic E-state index is 0.0211. The topological polar surface area (TPSA) is 78.7 Å². The number of nitrogens with one attached hydrogen (secondary N) is 1. The summed E-state index contributed by atoms with van der Waals surface area (Å²) in [4.78, 5) is 28.2. The van der Waals surface area contributed by atoms with E-state index in [0.29, 0.717) is 38.0 Å². The third kappa shape index (κ3) is 3.00. The highest BCUT2D eigenvalue weighted by Crippen LogP contribution is 2.32. The molecule has 3 rings (SSSR count). The summed E-state index contributed by atoms with van der Waals surface area (Å²) < 4.78 is 0. The molecule has 0 bridgehead atoms. The Bertz CT molecular complexity index is 412. The van der Waals surface area contributed by atoms with Gasteiger partial charge in [-0.15, -0.1) is 0 Å². The number of hydrogen-bond acceptors (Lipinski definition) is 3. The van der Waals surface area contributed by atoms with Crippen LogP contribution in [0, 0.1) is 11.8 Å². The van der Waals surface area contributed by atoms with Crippen molar-refractivity contribution in [2.75, 3.05) is 32.7 Å². The first-order chi connectivity index (χ1) is 10.2. The average Bonchev–Trinajstić information content (AvgIpc) is 2.88. The fraction of sp³-hybridized carbons (Fsp3) is 0.867. The second-order valence-corrected chi connectivity index (χ2v) is 6.62. The molecule has 3 aliphatic rings. The van der Waals surface area contributed by atoms with Crippen molar-refractivity contribution in [3.8, 4) is 0 Å². The second kappa shape index (κ2) is 6.22. The third-order valence-electron chi connectivity index (χ3n) is 5.25. The molecule has 21 heavy (non-hydrogen) atoms. The van der Waals surface area contributed by atoms with Crippen molar-refractivity contribution in [1.82, 2.24) is 15.1 Å². The molecule has 118 valence electrons. The molecule has 3 unspecified atom stereocenters. The van der Waals surface area contributed by atoms with Crippen LogP contribution in [0.2, 0.25) is 0 Å². The molecule has 0 aromatic rings. The molecule has 0 aromatic heterocycles. The Morgan fingerprint density at radius 3 is 3.00 bits per heavy atom. The van der Waals surface area contributed by atoms with Gasteiger partial charge >= 0.3 is 6.03 Å². The highest BCUT2D eigenvalue weighted by molar-refractivity contribution is 5.81. The van der Waals surface area contributed by atoms with Crippen LogP contribution >= 0.6 is 0 Å². The quantitative estimate of drug-likeness (QED) is 0.790. The molecule has 6 heteroatoms. The maximum atomic E-state index is 12.7. The first-order valence-electron chi connectivity index (χ1n) is 8.22. The normalized spacial score (nSPS) is 32.8. The van der Waals surface area contributed by atoms with Crippen LogP contribution in [-0.2, 0) is 4.79 Å². The lowest BCUT2D eigenvalue weighted by atomic mass is 9.79. The van der Waals surface area contributed by atoms with E-state index in [1.807, 2.05) is 9.80 Å². The Kier molecular flexibility index (Phi) is 4.33. The van der Waals surface area contributed by atoms with Gasteiger partial charge in [0, 0.05) is 32.1 Å². The molecule has 3 atom stereocenters. The molecular formula is C15H26N4O2. The van der Waals surface area contributed by atoms with Gasteiger partial charge in [-0.1, -0.05) is 12.8 Å². The van der Waals surface area contributed by atoms with Crippen molar-refractivity contribution in [1.29, 1.82) is 0 Å². The van der Waals surface area contributed by atoms with Crippen LogP contribution in [0.1, 0.15) is 32.1 Å². The van der Waals surface area contributed by atoms with Crippen molar-refractivity contribution in [2.24, 2.45) is 17.6 Å². The lowest BCUT2D eigenvalue weighted by Crippen LogP contribution is -2.55. The summed E-state index contributed by atoms with van der Waals surface area (Å²) >= 11 is 0. The van der Waals surface area contributed by atoms with Crippen molar-refractivity contribution >= 4 is 11.9 Å². The summed E-state index contributed by atoms with van der Waals surface area (Å²) in [6.45, 7) is 3.43. The van der Waals surface area contributed by atoms with Gasteiger partial charge in [-0.25, -0.2) is 4.79 Å². The van der Waals surface area contributed by atoms with E-state index in [1.165, 1.54) is 6.42 Å². The van der Waals surface area contributed by atoms with Crippen molar-refractivity contribution in [2.45, 2.75) is 38.1 Å². The summed E-state index contributed by atoms with van der Waals surface area (Å²) in [5.41, 5.74) is 5.66. The summed E-state index contributed by atoms with van der Waals surface area (Å²) in [5, 5.41) is 2.86. The van der Waals surface area contributed by atoms with Crippen LogP contribution in [0.5, 0.6) is 0 Å². The monoisotopic (exact) mass is 294 g/mol. The molecule has 2 aliphatic heterocycles. The fourth-order valence-electron chi connectivity index (χ4n) is 4.08. The van der Waals surface area contributed by atoms with E-state index in [9.17, 15) is 9.59 Å². The number of urea groups is 1. The van der Waals surface area contributed by atoms with Crippen LogP contribution < -0.4 is 11.1 Å². The summed E-state index contributed by atoms with van der Waals surface area (Å²) in [6.07, 6.45) is 5.42. The van der Waals surface area contributed by atoms with E-state index in [2.05, 4.69) is 5.32 Å². The predicted octanol–water partition coefficient (Wildman–Crippen LogP) is 0.378. The number of nitrogens with two attached hydrogens (primary N) is 1. The van der Waals surface area contributed by atoms with E-state index in [1.54, 1.807) is 0 Å². The molecule has 1 saturated carbocycles. The van der Waals surface area contributed by atoms with E-state index >= 15 is 0 Å². The molecule has 6 nitrogen and oxygen atoms in total. The molecular weight excluding hydrogens is 268 g/mol. The Morgan fingerprint density at radius 1 is 1.33 bits per heavy atom. The zero-order chi connectivity index (χ0) is 14.8. The van der Waals surface area contributed by atoms with Gasteiger partial charge in [-0.05, 0) is 31.7 Å². The molecule has 0 spiro atoms. The molecule has 1 aliphatic carbocycles. The van der Waals surface area contributed by atoms with Crippen molar-refractivity contribution < 1.29 is 9.59 Å². The Balaban J connectivity index is 1.57. The number of fused-ring (bicyclic) bond motifs is 1. The smallest absolute Gasteiger partial charge is 0.317 e. The average molecular weight is 294 g/mol. The zero-order valence-electron chi connectivity index (χ0n) is 12.6. The lowest BCUT2D eigenvalue weighted by molar-refractivity contribution is -0.139. The minimum absolute atomic E-state index is 0.0211. The number of nitrogens with zero attached hydrogens (tertiary/aromatic N) is 2. The summed E-state index contributed by atoms with van der Waals surface area (Å²) in [6, 6.07) is 0.186. The van der Waals surface area contributed by atoms with E-state index in [4.69, 9.17) is 5.73 Å². The number of carbonyl (C=O) groups excluding carboxylic acids is 2. The SMILES string of the molecule is NCCC1CCCC(C(=O)N2CCN3C(=O)NCC3C2)C1. The minimum Gasteiger partial charge on any atom is -0.339 e. The van der Waals surface area contributed by atoms with Gasteiger partial charge in [-0.3, -0.25) is 4.79 Å². The first kappa shape index (κ1) is 14.6. The van der Waals surface area contributed by atoms with Crippen molar-refractivity contribution in [3.05, 3.63) is 0 Å². The van der Waals surface area contributed by atoms with Gasteiger partial charge in [0.2, 0.25) is 5.91 Å². The summed E-state index contributed by atoms with van der Waals surface area (Å²) in [5.74, 6) is 1.09. The Morgan fingerprint density at radius 2 is 2.19 bits per heavy atom. The van der Waals surface area contributed by atoms with Crippen LogP contribution in [0.15, 0.2) is 0 Å². The van der Waals surface area contributed by atoms with Crippen molar-refractivity contribution in [3.63, 3.8) is 0 Å². The highest BCUT2D eigenvalue weighted by Gasteiger charge is 2.39. The number of rotatable bonds is 3. The molecule has 2 saturated heterocycles. The summed E-state index contributed by atoms with van der Waals surface area (Å²) in [7, 11) is 0.